The Morgan fingerprint density at radius 1 is 1.04 bits per heavy atom. The normalized spacial score (nSPS) is 15.7. The molecule has 6 heteroatoms. The van der Waals surface area contributed by atoms with E-state index in [1.807, 2.05) is 58.0 Å². The molecule has 3 amide bonds. The predicted octanol–water partition coefficient (Wildman–Crippen LogP) is 4.37. The van der Waals surface area contributed by atoms with Gasteiger partial charge in [0.05, 0.1) is 12.1 Å². The Bertz CT molecular complexity index is 822. The van der Waals surface area contributed by atoms with Crippen molar-refractivity contribution < 1.29 is 14.0 Å². The summed E-state index contributed by atoms with van der Waals surface area (Å²) in [6, 6.07) is 8.98. The van der Waals surface area contributed by atoms with Gasteiger partial charge < -0.3 is 20.4 Å². The second-order valence-corrected chi connectivity index (χ2v) is 7.32. The molecule has 1 aliphatic carbocycles. The van der Waals surface area contributed by atoms with Crippen LogP contribution in [0.5, 0.6) is 0 Å². The van der Waals surface area contributed by atoms with Gasteiger partial charge in [0.2, 0.25) is 5.91 Å². The molecule has 1 aromatic heterocycles. The molecule has 27 heavy (non-hydrogen) atoms. The zero-order valence-corrected chi connectivity index (χ0v) is 16.3. The molecule has 3 N–H and O–H groups in total. The number of hydrogen-bond donors (Lipinski definition) is 3. The summed E-state index contributed by atoms with van der Waals surface area (Å²) >= 11 is 0. The Morgan fingerprint density at radius 3 is 2.22 bits per heavy atom. The quantitative estimate of drug-likeness (QED) is 0.707. The van der Waals surface area contributed by atoms with Crippen molar-refractivity contribution in [1.29, 1.82) is 0 Å². The first-order valence-corrected chi connectivity index (χ1v) is 9.38. The lowest BCUT2D eigenvalue weighted by Crippen LogP contribution is -2.38. The molecule has 0 saturated heterocycles. The summed E-state index contributed by atoms with van der Waals surface area (Å²) in [7, 11) is 0. The van der Waals surface area contributed by atoms with Gasteiger partial charge in [-0.05, 0) is 64.3 Å². The van der Waals surface area contributed by atoms with Crippen LogP contribution < -0.4 is 16.0 Å². The van der Waals surface area contributed by atoms with Crippen LogP contribution in [0.2, 0.25) is 0 Å². The summed E-state index contributed by atoms with van der Waals surface area (Å²) in [6.07, 6.45) is 1.96. The maximum Gasteiger partial charge on any atom is 0.315 e. The summed E-state index contributed by atoms with van der Waals surface area (Å²) in [6.45, 7) is 7.64. The number of rotatable bonds is 6. The van der Waals surface area contributed by atoms with E-state index in [1.165, 1.54) is 0 Å². The van der Waals surface area contributed by atoms with Gasteiger partial charge >= 0.3 is 6.03 Å². The average Bonchev–Trinajstić information content (AvgIpc) is 3.40. The van der Waals surface area contributed by atoms with E-state index in [2.05, 4.69) is 16.0 Å². The van der Waals surface area contributed by atoms with Crippen LogP contribution in [-0.4, -0.2) is 11.9 Å². The Hall–Kier alpha value is -2.76. The highest BCUT2D eigenvalue weighted by atomic mass is 16.3. The van der Waals surface area contributed by atoms with Crippen molar-refractivity contribution in [2.24, 2.45) is 5.92 Å². The first-order valence-electron chi connectivity index (χ1n) is 9.38. The first kappa shape index (κ1) is 19.0. The molecule has 2 atom stereocenters. The molecule has 6 nitrogen and oxygen atoms in total. The van der Waals surface area contributed by atoms with Crippen molar-refractivity contribution in [3.63, 3.8) is 0 Å². The van der Waals surface area contributed by atoms with Gasteiger partial charge in [0.1, 0.15) is 11.5 Å². The third kappa shape index (κ3) is 4.90. The number of nitrogens with one attached hydrogen (secondary N) is 3. The molecule has 144 valence electrons. The number of carbonyl (C=O) groups excluding carboxylic acids is 2. The molecule has 1 aromatic carbocycles. The van der Waals surface area contributed by atoms with Crippen molar-refractivity contribution in [3.05, 3.63) is 53.0 Å². The molecule has 2 unspecified atom stereocenters. The minimum absolute atomic E-state index is 0.0899. The zero-order valence-electron chi connectivity index (χ0n) is 16.3. The number of anilines is 1. The van der Waals surface area contributed by atoms with E-state index in [0.29, 0.717) is 0 Å². The van der Waals surface area contributed by atoms with E-state index in [4.69, 9.17) is 4.42 Å². The molecule has 1 heterocycles. The van der Waals surface area contributed by atoms with E-state index in [0.717, 1.165) is 41.2 Å². The van der Waals surface area contributed by atoms with Gasteiger partial charge in [-0.3, -0.25) is 4.79 Å². The molecular formula is C21H27N3O3. The Kier molecular flexibility index (Phi) is 5.54. The van der Waals surface area contributed by atoms with Crippen molar-refractivity contribution in [2.75, 3.05) is 5.32 Å². The largest absolute Gasteiger partial charge is 0.466 e. The van der Waals surface area contributed by atoms with Gasteiger partial charge in [-0.15, -0.1) is 0 Å². The van der Waals surface area contributed by atoms with Crippen LogP contribution >= 0.6 is 0 Å². The number of hydrogen-bond acceptors (Lipinski definition) is 3. The highest BCUT2D eigenvalue weighted by Gasteiger charge is 2.29. The van der Waals surface area contributed by atoms with Crippen LogP contribution in [-0.2, 0) is 4.79 Å². The third-order valence-corrected chi connectivity index (χ3v) is 4.87. The first-order chi connectivity index (χ1) is 12.8. The summed E-state index contributed by atoms with van der Waals surface area (Å²) in [5.41, 5.74) is 2.73. The van der Waals surface area contributed by atoms with E-state index in [9.17, 15) is 9.59 Å². The van der Waals surface area contributed by atoms with E-state index in [1.54, 1.807) is 0 Å². The fraction of sp³-hybridized carbons (Fsp3) is 0.429. The number of benzene rings is 1. The van der Waals surface area contributed by atoms with E-state index >= 15 is 0 Å². The highest BCUT2D eigenvalue weighted by Crippen LogP contribution is 2.30. The fourth-order valence-electron chi connectivity index (χ4n) is 3.12. The van der Waals surface area contributed by atoms with Gasteiger partial charge in [-0.2, -0.15) is 0 Å². The monoisotopic (exact) mass is 369 g/mol. The van der Waals surface area contributed by atoms with Crippen LogP contribution in [0.15, 0.2) is 34.7 Å². The van der Waals surface area contributed by atoms with Crippen molar-refractivity contribution >= 4 is 17.6 Å². The number of furan rings is 1. The predicted molar refractivity (Wildman–Crippen MR) is 104 cm³/mol. The topological polar surface area (TPSA) is 83.4 Å². The third-order valence-electron chi connectivity index (χ3n) is 4.87. The van der Waals surface area contributed by atoms with Crippen LogP contribution in [0.1, 0.15) is 61.4 Å². The lowest BCUT2D eigenvalue weighted by molar-refractivity contribution is -0.117. The van der Waals surface area contributed by atoms with Crippen LogP contribution in [0.3, 0.4) is 0 Å². The smallest absolute Gasteiger partial charge is 0.315 e. The molecule has 0 bridgehead atoms. The average molecular weight is 369 g/mol. The second kappa shape index (κ2) is 7.86. The minimum Gasteiger partial charge on any atom is -0.466 e. The summed E-state index contributed by atoms with van der Waals surface area (Å²) in [4.78, 5) is 24.1. The maximum absolute atomic E-state index is 12.3. The lowest BCUT2D eigenvalue weighted by Gasteiger charge is -2.18. The van der Waals surface area contributed by atoms with Crippen LogP contribution in [0.4, 0.5) is 10.5 Å². The molecule has 0 radical (unpaired) electrons. The number of carbonyl (C=O) groups is 2. The van der Waals surface area contributed by atoms with Crippen molar-refractivity contribution in [1.82, 2.24) is 10.6 Å². The van der Waals surface area contributed by atoms with E-state index < -0.39 is 0 Å². The number of amides is 3. The van der Waals surface area contributed by atoms with Crippen molar-refractivity contribution in [3.8, 4) is 0 Å². The summed E-state index contributed by atoms with van der Waals surface area (Å²) in [5, 5.41) is 8.80. The van der Waals surface area contributed by atoms with Gasteiger partial charge in [-0.1, -0.05) is 12.1 Å². The number of aryl methyl sites for hydroxylation is 2. The number of urea groups is 1. The molecule has 3 rings (SSSR count). The van der Waals surface area contributed by atoms with Gasteiger partial charge in [0.15, 0.2) is 0 Å². The molecule has 2 aromatic rings. The Labute approximate surface area is 159 Å². The van der Waals surface area contributed by atoms with Gasteiger partial charge in [0.25, 0.3) is 0 Å². The summed E-state index contributed by atoms with van der Waals surface area (Å²) < 4.78 is 5.52. The highest BCUT2D eigenvalue weighted by molar-refractivity contribution is 5.94. The van der Waals surface area contributed by atoms with E-state index in [-0.39, 0.29) is 29.9 Å². The van der Waals surface area contributed by atoms with Gasteiger partial charge in [0, 0.05) is 17.2 Å². The fourth-order valence-corrected chi connectivity index (χ4v) is 3.12. The van der Waals surface area contributed by atoms with Gasteiger partial charge in [-0.25, -0.2) is 4.79 Å². The second-order valence-electron chi connectivity index (χ2n) is 7.32. The maximum atomic E-state index is 12.3. The SMILES string of the molecule is Cc1cc(C(C)NC(=O)NC(C)c2ccc(NC(=O)C3CC3)cc2)c(C)o1. The molecule has 0 aliphatic heterocycles. The summed E-state index contributed by atoms with van der Waals surface area (Å²) in [5.74, 6) is 1.92. The standard InChI is InChI=1S/C21H27N3O3/c1-12-11-19(15(4)27-12)14(3)23-21(26)22-13(2)16-7-9-18(10-8-16)24-20(25)17-5-6-17/h7-11,13-14,17H,5-6H2,1-4H3,(H,24,25)(H2,22,23,26). The molecule has 1 aliphatic rings. The Morgan fingerprint density at radius 2 is 1.67 bits per heavy atom. The molecule has 1 fully saturated rings. The zero-order chi connectivity index (χ0) is 19.6. The lowest BCUT2D eigenvalue weighted by atomic mass is 10.1. The van der Waals surface area contributed by atoms with Crippen molar-refractivity contribution in [2.45, 2.75) is 52.6 Å². The van der Waals surface area contributed by atoms with Crippen LogP contribution in [0.25, 0.3) is 0 Å². The van der Waals surface area contributed by atoms with Crippen LogP contribution in [0, 0.1) is 19.8 Å². The molecular weight excluding hydrogens is 342 g/mol. The molecule has 1 saturated carbocycles. The Balaban J connectivity index is 1.52. The molecule has 0 spiro atoms. The minimum atomic E-state index is -0.237.